The predicted molar refractivity (Wildman–Crippen MR) is 99.5 cm³/mol. The Kier molecular flexibility index (Phi) is 5.92. The second-order valence-corrected chi connectivity index (χ2v) is 7.26. The summed E-state index contributed by atoms with van der Waals surface area (Å²) in [5.41, 5.74) is -0.668. The van der Waals surface area contributed by atoms with Gasteiger partial charge in [0.2, 0.25) is 0 Å². The molecule has 0 aromatic heterocycles. The number of carbonyl (C=O) groups excluding carboxylic acids is 2. The van der Waals surface area contributed by atoms with Gasteiger partial charge in [0, 0.05) is 0 Å². The molecule has 4 atom stereocenters. The van der Waals surface area contributed by atoms with Crippen LogP contribution in [0.4, 0.5) is 4.39 Å². The monoisotopic (exact) mass is 436 g/mol. The van der Waals surface area contributed by atoms with Crippen LogP contribution >= 0.6 is 15.9 Å². The molecule has 0 aliphatic carbocycles. The van der Waals surface area contributed by atoms with E-state index in [9.17, 15) is 14.0 Å². The molecule has 7 heteroatoms. The third-order valence-electron chi connectivity index (χ3n) is 4.27. The molecule has 0 spiro atoms. The largest absolute Gasteiger partial charge is 0.459 e. The molecular formula is C20H18BrFO5. The third kappa shape index (κ3) is 4.36. The van der Waals surface area contributed by atoms with Crippen molar-refractivity contribution in [1.29, 1.82) is 0 Å². The van der Waals surface area contributed by atoms with Crippen molar-refractivity contribution in [2.45, 2.75) is 29.8 Å². The van der Waals surface area contributed by atoms with E-state index in [1.165, 1.54) is 0 Å². The van der Waals surface area contributed by atoms with Crippen LogP contribution in [0.5, 0.6) is 0 Å². The van der Waals surface area contributed by atoms with Gasteiger partial charge in [-0.25, -0.2) is 14.0 Å². The molecule has 2 aromatic rings. The smallest absolute Gasteiger partial charge is 0.338 e. The zero-order chi connectivity index (χ0) is 19.4. The van der Waals surface area contributed by atoms with Gasteiger partial charge < -0.3 is 14.2 Å². The molecule has 3 rings (SSSR count). The zero-order valence-electron chi connectivity index (χ0n) is 14.5. The molecule has 1 fully saturated rings. The molecule has 2 aromatic carbocycles. The Morgan fingerprint density at radius 3 is 2.11 bits per heavy atom. The van der Waals surface area contributed by atoms with Crippen LogP contribution in [0.2, 0.25) is 0 Å². The Morgan fingerprint density at radius 2 is 1.56 bits per heavy atom. The van der Waals surface area contributed by atoms with E-state index in [4.69, 9.17) is 14.2 Å². The molecule has 142 valence electrons. The van der Waals surface area contributed by atoms with Crippen LogP contribution in [0, 0.1) is 0 Å². The average Bonchev–Trinajstić information content (AvgIpc) is 2.91. The summed E-state index contributed by atoms with van der Waals surface area (Å²) in [5, 5.41) is -0.980. The number of carbonyl (C=O) groups is 2. The first kappa shape index (κ1) is 19.5. The molecule has 1 aliphatic rings. The van der Waals surface area contributed by atoms with Crippen molar-refractivity contribution in [3.63, 3.8) is 0 Å². The van der Waals surface area contributed by atoms with Crippen LogP contribution in [-0.4, -0.2) is 41.4 Å². The van der Waals surface area contributed by atoms with Crippen molar-refractivity contribution in [2.24, 2.45) is 0 Å². The van der Waals surface area contributed by atoms with Gasteiger partial charge in [-0.1, -0.05) is 52.3 Å². The summed E-state index contributed by atoms with van der Waals surface area (Å²) in [7, 11) is 0. The molecule has 0 N–H and O–H groups in total. The summed E-state index contributed by atoms with van der Waals surface area (Å²) >= 11 is 3.09. The van der Waals surface area contributed by atoms with Crippen LogP contribution in [0.3, 0.4) is 0 Å². The maximum absolute atomic E-state index is 14.6. The molecule has 1 saturated heterocycles. The van der Waals surface area contributed by atoms with Crippen molar-refractivity contribution in [3.05, 3.63) is 71.8 Å². The third-order valence-corrected chi connectivity index (χ3v) is 4.96. The Hall–Kier alpha value is -2.25. The van der Waals surface area contributed by atoms with E-state index < -0.39 is 34.8 Å². The Bertz CT molecular complexity index is 801. The highest BCUT2D eigenvalue weighted by molar-refractivity contribution is 9.09. The second kappa shape index (κ2) is 8.19. The number of alkyl halides is 2. The first-order valence-electron chi connectivity index (χ1n) is 8.35. The first-order chi connectivity index (χ1) is 12.9. The highest BCUT2D eigenvalue weighted by Crippen LogP contribution is 2.38. The lowest BCUT2D eigenvalue weighted by Gasteiger charge is -2.29. The molecular weight excluding hydrogens is 419 g/mol. The highest BCUT2D eigenvalue weighted by Gasteiger charge is 2.55. The van der Waals surface area contributed by atoms with Gasteiger partial charge in [-0.05, 0) is 31.2 Å². The van der Waals surface area contributed by atoms with Crippen LogP contribution in [-0.2, 0) is 14.2 Å². The number of halogens is 2. The maximum atomic E-state index is 14.6. The number of esters is 2. The fourth-order valence-electron chi connectivity index (χ4n) is 2.79. The predicted octanol–water partition coefficient (Wildman–Crippen LogP) is 3.92. The SMILES string of the molecule is C[C@]1(COC(=O)c2ccccc2)OC(Br)[C@@H](F)[C@@H]1OC(=O)c1ccccc1. The van der Waals surface area contributed by atoms with Gasteiger partial charge in [0.15, 0.2) is 12.3 Å². The highest BCUT2D eigenvalue weighted by atomic mass is 79.9. The van der Waals surface area contributed by atoms with E-state index >= 15 is 0 Å². The minimum Gasteiger partial charge on any atom is -0.459 e. The molecule has 0 saturated carbocycles. The van der Waals surface area contributed by atoms with Gasteiger partial charge in [-0.3, -0.25) is 0 Å². The van der Waals surface area contributed by atoms with Crippen molar-refractivity contribution in [2.75, 3.05) is 6.61 Å². The Balaban J connectivity index is 1.71. The molecule has 27 heavy (non-hydrogen) atoms. The minimum atomic E-state index is -1.61. The van der Waals surface area contributed by atoms with E-state index in [0.29, 0.717) is 11.1 Å². The molecule has 1 aliphatic heterocycles. The minimum absolute atomic E-state index is 0.268. The lowest BCUT2D eigenvalue weighted by molar-refractivity contribution is -0.0943. The summed E-state index contributed by atoms with van der Waals surface area (Å²) < 4.78 is 30.9. The zero-order valence-corrected chi connectivity index (χ0v) is 16.1. The van der Waals surface area contributed by atoms with Crippen LogP contribution in [0.15, 0.2) is 60.7 Å². The standard InChI is InChI=1S/C20H18BrFO5/c1-20(12-25-18(23)13-8-4-2-5-9-13)16(15(22)17(21)27-20)26-19(24)14-10-6-3-7-11-14/h2-11,15-17H,12H2,1H3/t15-,16-,17?,20+/m0/s1. The van der Waals surface area contributed by atoms with Crippen LogP contribution < -0.4 is 0 Å². The number of rotatable bonds is 5. The van der Waals surface area contributed by atoms with Gasteiger partial charge in [0.05, 0.1) is 11.1 Å². The van der Waals surface area contributed by atoms with Crippen molar-refractivity contribution < 1.29 is 28.2 Å². The summed E-state index contributed by atoms with van der Waals surface area (Å²) in [4.78, 5) is 24.5. The lowest BCUT2D eigenvalue weighted by Crippen LogP contribution is -2.46. The van der Waals surface area contributed by atoms with E-state index in [1.807, 2.05) is 0 Å². The van der Waals surface area contributed by atoms with Gasteiger partial charge in [0.25, 0.3) is 0 Å². The number of hydrogen-bond acceptors (Lipinski definition) is 5. The summed E-state index contributed by atoms with van der Waals surface area (Å²) in [5.74, 6) is -1.24. The van der Waals surface area contributed by atoms with E-state index in [0.717, 1.165) is 0 Å². The van der Waals surface area contributed by atoms with Crippen molar-refractivity contribution in [1.82, 2.24) is 0 Å². The molecule has 5 nitrogen and oxygen atoms in total. The molecule has 0 radical (unpaired) electrons. The van der Waals surface area contributed by atoms with Gasteiger partial charge >= 0.3 is 11.9 Å². The first-order valence-corrected chi connectivity index (χ1v) is 9.26. The summed E-state index contributed by atoms with van der Waals surface area (Å²) in [6, 6.07) is 16.7. The second-order valence-electron chi connectivity index (χ2n) is 6.36. The fourth-order valence-corrected chi connectivity index (χ4v) is 3.50. The molecule has 0 bridgehead atoms. The topological polar surface area (TPSA) is 61.8 Å². The van der Waals surface area contributed by atoms with E-state index in [2.05, 4.69) is 15.9 Å². The summed E-state index contributed by atoms with van der Waals surface area (Å²) in [6.45, 7) is 1.28. The van der Waals surface area contributed by atoms with E-state index in [-0.39, 0.29) is 6.61 Å². The Labute approximate surface area is 164 Å². The quantitative estimate of drug-likeness (QED) is 0.525. The van der Waals surface area contributed by atoms with Gasteiger partial charge in [0.1, 0.15) is 17.2 Å². The number of ether oxygens (including phenoxy) is 3. The Morgan fingerprint density at radius 1 is 1.04 bits per heavy atom. The molecule has 1 heterocycles. The number of benzene rings is 2. The summed E-state index contributed by atoms with van der Waals surface area (Å²) in [6.07, 6.45) is -2.85. The van der Waals surface area contributed by atoms with E-state index in [1.54, 1.807) is 67.6 Å². The van der Waals surface area contributed by atoms with Gasteiger partial charge in [-0.2, -0.15) is 0 Å². The van der Waals surface area contributed by atoms with Gasteiger partial charge in [-0.15, -0.1) is 0 Å². The lowest BCUT2D eigenvalue weighted by atomic mass is 9.99. The molecule has 0 amide bonds. The number of hydrogen-bond donors (Lipinski definition) is 0. The fraction of sp³-hybridized carbons (Fsp3) is 0.300. The average molecular weight is 437 g/mol. The van der Waals surface area contributed by atoms with Crippen molar-refractivity contribution in [3.8, 4) is 0 Å². The van der Waals surface area contributed by atoms with Crippen LogP contribution in [0.1, 0.15) is 27.6 Å². The maximum Gasteiger partial charge on any atom is 0.338 e. The van der Waals surface area contributed by atoms with Crippen LogP contribution in [0.25, 0.3) is 0 Å². The molecule has 1 unspecified atom stereocenters. The normalized spacial score (nSPS) is 27.1. The van der Waals surface area contributed by atoms with Crippen molar-refractivity contribution >= 4 is 27.9 Å².